The largest absolute Gasteiger partial charge is 0.482 e. The Balaban J connectivity index is 2.47. The quantitative estimate of drug-likeness (QED) is 0.196. The predicted octanol–water partition coefficient (Wildman–Crippen LogP) is 1.52. The number of alkyl halides is 1. The topological polar surface area (TPSA) is 124 Å². The Morgan fingerprint density at radius 2 is 2.35 bits per heavy atom. The summed E-state index contributed by atoms with van der Waals surface area (Å²) in [6.45, 7) is 0.281. The Kier molecular flexibility index (Phi) is 4.92. The highest BCUT2D eigenvalue weighted by molar-refractivity contribution is 6.18. The van der Waals surface area contributed by atoms with Gasteiger partial charge in [-0.3, -0.25) is 0 Å². The van der Waals surface area contributed by atoms with Crippen LogP contribution in [0.15, 0.2) is 11.2 Å². The maximum absolute atomic E-state index is 10.9. The summed E-state index contributed by atoms with van der Waals surface area (Å²) in [6.07, 6.45) is 2.28. The Hall–Kier alpha value is -2.93. The van der Waals surface area contributed by atoms with Gasteiger partial charge in [-0.25, -0.2) is 14.2 Å². The van der Waals surface area contributed by atoms with Crippen LogP contribution in [0.3, 0.4) is 0 Å². The Morgan fingerprint density at radius 1 is 1.61 bits per heavy atom. The number of nitriles is 1. The van der Waals surface area contributed by atoms with Gasteiger partial charge in [0.2, 0.25) is 0 Å². The summed E-state index contributed by atoms with van der Waals surface area (Å²) < 4.78 is 7.65. The summed E-state index contributed by atoms with van der Waals surface area (Å²) >= 11 is 5.48. The van der Waals surface area contributed by atoms with Crippen LogP contribution in [-0.2, 0) is 18.8 Å². The maximum atomic E-state index is 10.9. The van der Waals surface area contributed by atoms with Gasteiger partial charge in [0.1, 0.15) is 24.4 Å². The molecule has 23 heavy (non-hydrogen) atoms. The zero-order chi connectivity index (χ0) is 17.0. The van der Waals surface area contributed by atoms with E-state index in [0.717, 1.165) is 6.20 Å². The van der Waals surface area contributed by atoms with Crippen molar-refractivity contribution in [2.75, 3.05) is 12.5 Å². The molecule has 0 spiro atoms. The van der Waals surface area contributed by atoms with Gasteiger partial charge in [-0.1, -0.05) is 0 Å². The fourth-order valence-corrected chi connectivity index (χ4v) is 1.99. The zero-order valence-electron chi connectivity index (χ0n) is 12.3. The van der Waals surface area contributed by atoms with Crippen molar-refractivity contribution in [2.45, 2.75) is 0 Å². The highest BCUT2D eigenvalue weighted by Gasteiger charge is 2.26. The molecule has 2 aromatic rings. The van der Waals surface area contributed by atoms with Gasteiger partial charge >= 0.3 is 5.82 Å². The molecular weight excluding hydrogens is 326 g/mol. The lowest BCUT2D eigenvalue weighted by Crippen LogP contribution is -2.00. The molecule has 0 saturated carbocycles. The molecule has 0 N–H and O–H groups in total. The fourth-order valence-electron chi connectivity index (χ4n) is 1.90. The number of imidazole rings is 1. The lowest BCUT2D eigenvalue weighted by molar-refractivity contribution is -0.391. The molecule has 0 aromatic carbocycles. The average molecular weight is 338 g/mol. The standard InChI is InChI=1S/C12H12ClN7O3/c1-18-9(20(21)22)6-15-12(18)10-8(5-14)11(19(2)17-10)16-7-23-4-3-13/h6-7H,3-4H2,1-2H3. The van der Waals surface area contributed by atoms with Crippen LogP contribution in [0.2, 0.25) is 0 Å². The van der Waals surface area contributed by atoms with Crippen LogP contribution in [0.25, 0.3) is 11.5 Å². The van der Waals surface area contributed by atoms with E-state index >= 15 is 0 Å². The smallest absolute Gasteiger partial charge is 0.342 e. The third-order valence-electron chi connectivity index (χ3n) is 2.94. The Morgan fingerprint density at radius 3 is 2.91 bits per heavy atom. The van der Waals surface area contributed by atoms with Crippen molar-refractivity contribution in [3.05, 3.63) is 21.9 Å². The van der Waals surface area contributed by atoms with Gasteiger partial charge in [0.05, 0.1) is 12.9 Å². The van der Waals surface area contributed by atoms with Crippen LogP contribution >= 0.6 is 11.6 Å². The number of nitro groups is 1. The SMILES string of the molecule is Cn1nc(-c2ncc([N+](=O)[O-])n2C)c(C#N)c1N=COCCCl. The second kappa shape index (κ2) is 6.89. The maximum Gasteiger partial charge on any atom is 0.342 e. The number of aryl methyl sites for hydroxylation is 1. The lowest BCUT2D eigenvalue weighted by atomic mass is 10.2. The zero-order valence-corrected chi connectivity index (χ0v) is 13.1. The second-order valence-corrected chi connectivity index (χ2v) is 4.71. The van der Waals surface area contributed by atoms with Crippen molar-refractivity contribution in [3.63, 3.8) is 0 Å². The van der Waals surface area contributed by atoms with E-state index in [4.69, 9.17) is 16.3 Å². The number of nitrogens with zero attached hydrogens (tertiary/aromatic N) is 7. The average Bonchev–Trinajstić information content (AvgIpc) is 3.04. The fraction of sp³-hybridized carbons (Fsp3) is 0.333. The lowest BCUT2D eigenvalue weighted by Gasteiger charge is -1.96. The molecule has 120 valence electrons. The molecule has 0 bridgehead atoms. The Labute approximate surface area is 135 Å². The number of hydrogen-bond acceptors (Lipinski definition) is 7. The summed E-state index contributed by atoms with van der Waals surface area (Å²) in [5, 5.41) is 24.4. The van der Waals surface area contributed by atoms with Crippen LogP contribution < -0.4 is 0 Å². The molecule has 2 aromatic heterocycles. The molecular formula is C12H12ClN7O3. The van der Waals surface area contributed by atoms with Crippen LogP contribution in [0.1, 0.15) is 5.56 Å². The van der Waals surface area contributed by atoms with E-state index in [1.165, 1.54) is 22.7 Å². The van der Waals surface area contributed by atoms with E-state index in [0.29, 0.717) is 5.88 Å². The molecule has 0 saturated heterocycles. The highest BCUT2D eigenvalue weighted by atomic mass is 35.5. The van der Waals surface area contributed by atoms with E-state index in [-0.39, 0.29) is 35.3 Å². The van der Waals surface area contributed by atoms with Crippen LogP contribution in [-0.4, -0.2) is 43.1 Å². The first-order chi connectivity index (χ1) is 11.0. The van der Waals surface area contributed by atoms with E-state index < -0.39 is 4.92 Å². The minimum absolute atomic E-state index is 0.141. The molecule has 0 unspecified atom stereocenters. The number of halogens is 1. The number of aromatic nitrogens is 4. The van der Waals surface area contributed by atoms with Gasteiger partial charge in [0.25, 0.3) is 5.82 Å². The number of aliphatic imine (C=N–C) groups is 1. The molecule has 10 nitrogen and oxygen atoms in total. The molecule has 0 atom stereocenters. The van der Waals surface area contributed by atoms with Crippen molar-refractivity contribution < 1.29 is 9.66 Å². The van der Waals surface area contributed by atoms with Crippen molar-refractivity contribution in [1.29, 1.82) is 5.26 Å². The predicted molar refractivity (Wildman–Crippen MR) is 81.6 cm³/mol. The summed E-state index contributed by atoms with van der Waals surface area (Å²) in [6, 6.07) is 1.99. The number of hydrogen-bond donors (Lipinski definition) is 0. The van der Waals surface area contributed by atoms with E-state index in [1.807, 2.05) is 6.07 Å². The molecule has 0 amide bonds. The van der Waals surface area contributed by atoms with E-state index in [9.17, 15) is 15.4 Å². The summed E-state index contributed by atoms with van der Waals surface area (Å²) in [7, 11) is 3.07. The molecule has 0 fully saturated rings. The summed E-state index contributed by atoms with van der Waals surface area (Å²) in [5.74, 6) is 0.560. The number of rotatable bonds is 6. The molecule has 0 radical (unpaired) electrons. The van der Waals surface area contributed by atoms with Gasteiger partial charge in [-0.2, -0.15) is 15.4 Å². The van der Waals surface area contributed by atoms with Crippen molar-refractivity contribution >= 4 is 29.6 Å². The summed E-state index contributed by atoms with van der Waals surface area (Å²) in [4.78, 5) is 18.3. The Bertz CT molecular complexity index is 802. The first kappa shape index (κ1) is 16.4. The van der Waals surface area contributed by atoms with Crippen LogP contribution in [0, 0.1) is 21.4 Å². The van der Waals surface area contributed by atoms with Gasteiger partial charge in [0.15, 0.2) is 17.9 Å². The first-order valence-corrected chi connectivity index (χ1v) is 6.88. The van der Waals surface area contributed by atoms with Gasteiger partial charge in [-0.15, -0.1) is 11.6 Å². The summed E-state index contributed by atoms with van der Waals surface area (Å²) in [5.41, 5.74) is 0.344. The minimum atomic E-state index is -0.565. The van der Waals surface area contributed by atoms with E-state index in [1.54, 1.807) is 7.05 Å². The molecule has 0 aliphatic heterocycles. The second-order valence-electron chi connectivity index (χ2n) is 4.33. The van der Waals surface area contributed by atoms with Crippen LogP contribution in [0.5, 0.6) is 0 Å². The van der Waals surface area contributed by atoms with Gasteiger partial charge in [0, 0.05) is 7.05 Å². The molecule has 2 heterocycles. The van der Waals surface area contributed by atoms with Gasteiger partial charge < -0.3 is 14.9 Å². The minimum Gasteiger partial charge on any atom is -0.482 e. The first-order valence-electron chi connectivity index (χ1n) is 6.35. The van der Waals surface area contributed by atoms with Crippen molar-refractivity contribution in [2.24, 2.45) is 19.1 Å². The van der Waals surface area contributed by atoms with Crippen molar-refractivity contribution in [1.82, 2.24) is 19.3 Å². The highest BCUT2D eigenvalue weighted by Crippen LogP contribution is 2.30. The normalized spacial score (nSPS) is 10.9. The van der Waals surface area contributed by atoms with E-state index in [2.05, 4.69) is 15.1 Å². The monoisotopic (exact) mass is 337 g/mol. The number of ether oxygens (including phenoxy) is 1. The molecule has 2 rings (SSSR count). The van der Waals surface area contributed by atoms with Gasteiger partial charge in [-0.05, 0) is 4.92 Å². The van der Waals surface area contributed by atoms with Crippen molar-refractivity contribution in [3.8, 4) is 17.6 Å². The third-order valence-corrected chi connectivity index (χ3v) is 3.09. The van der Waals surface area contributed by atoms with Crippen LogP contribution in [0.4, 0.5) is 11.6 Å². The molecule has 11 heteroatoms. The third kappa shape index (κ3) is 3.14. The molecule has 0 aliphatic rings. The molecule has 0 aliphatic carbocycles.